The lowest BCUT2D eigenvalue weighted by molar-refractivity contribution is -0.130. The fraction of sp³-hybridized carbons (Fsp3) is 0.857. The second-order valence-corrected chi connectivity index (χ2v) is 2.51. The first kappa shape index (κ1) is 9.43. The molecular weight excluding hydrogens is 128 g/mol. The highest BCUT2D eigenvalue weighted by Gasteiger charge is 2.11. The Morgan fingerprint density at radius 1 is 1.60 bits per heavy atom. The van der Waals surface area contributed by atoms with Gasteiger partial charge in [0.25, 0.3) is 0 Å². The van der Waals surface area contributed by atoms with Crippen LogP contribution in [0, 0.1) is 0 Å². The number of hydrogen-bond donors (Lipinski definition) is 1. The number of nitrogens with zero attached hydrogens (tertiary/aromatic N) is 1. The lowest BCUT2D eigenvalue weighted by atomic mass is 10.3. The van der Waals surface area contributed by atoms with Gasteiger partial charge in [0.2, 0.25) is 5.91 Å². The van der Waals surface area contributed by atoms with Gasteiger partial charge in [-0.15, -0.1) is 0 Å². The number of nitrogens with one attached hydrogen (secondary N) is 1. The summed E-state index contributed by atoms with van der Waals surface area (Å²) in [6, 6.07) is -0.0556. The summed E-state index contributed by atoms with van der Waals surface area (Å²) in [7, 11) is 3.52. The van der Waals surface area contributed by atoms with E-state index in [0.717, 1.165) is 6.54 Å². The number of amides is 1. The molecule has 1 N–H and O–H groups in total. The van der Waals surface area contributed by atoms with Crippen molar-refractivity contribution in [3.8, 4) is 0 Å². The van der Waals surface area contributed by atoms with E-state index in [4.69, 9.17) is 0 Å². The largest absolute Gasteiger partial charge is 0.347 e. The molecule has 0 aliphatic heterocycles. The Morgan fingerprint density at radius 2 is 2.10 bits per heavy atom. The van der Waals surface area contributed by atoms with E-state index in [2.05, 4.69) is 5.32 Å². The Kier molecular flexibility index (Phi) is 4.03. The van der Waals surface area contributed by atoms with Crippen LogP contribution < -0.4 is 5.32 Å². The van der Waals surface area contributed by atoms with Crippen molar-refractivity contribution in [2.75, 3.05) is 20.6 Å². The lowest BCUT2D eigenvalue weighted by Crippen LogP contribution is -2.41. The van der Waals surface area contributed by atoms with Gasteiger partial charge in [0.1, 0.15) is 0 Å². The molecule has 0 rings (SSSR count). The third kappa shape index (κ3) is 2.82. The Hall–Kier alpha value is -0.570. The van der Waals surface area contributed by atoms with E-state index < -0.39 is 0 Å². The van der Waals surface area contributed by atoms with Gasteiger partial charge in [0.05, 0.1) is 6.04 Å². The molecule has 10 heavy (non-hydrogen) atoms. The smallest absolute Gasteiger partial charge is 0.238 e. The zero-order valence-electron chi connectivity index (χ0n) is 7.14. The molecule has 0 aromatic heterocycles. The summed E-state index contributed by atoms with van der Waals surface area (Å²) in [4.78, 5) is 12.7. The van der Waals surface area contributed by atoms with Gasteiger partial charge in [0.15, 0.2) is 0 Å². The van der Waals surface area contributed by atoms with Crippen LogP contribution in [0.5, 0.6) is 0 Å². The first-order chi connectivity index (χ1) is 4.59. The van der Waals surface area contributed by atoms with E-state index in [1.807, 2.05) is 13.8 Å². The maximum Gasteiger partial charge on any atom is 0.238 e. The summed E-state index contributed by atoms with van der Waals surface area (Å²) < 4.78 is 0. The minimum atomic E-state index is -0.0556. The Morgan fingerprint density at radius 3 is 2.40 bits per heavy atom. The van der Waals surface area contributed by atoms with Crippen LogP contribution in [0.15, 0.2) is 0 Å². The molecule has 0 aliphatic carbocycles. The monoisotopic (exact) mass is 144 g/mol. The molecule has 60 valence electrons. The summed E-state index contributed by atoms with van der Waals surface area (Å²) in [5.74, 6) is 0.127. The highest BCUT2D eigenvalue weighted by molar-refractivity contribution is 5.80. The normalized spacial score (nSPS) is 12.8. The number of hydrogen-bond acceptors (Lipinski definition) is 2. The second kappa shape index (κ2) is 4.28. The summed E-state index contributed by atoms with van der Waals surface area (Å²) in [6.07, 6.45) is 0. The molecular formula is C7H16N2O. The summed E-state index contributed by atoms with van der Waals surface area (Å²) >= 11 is 0. The average Bonchev–Trinajstić information content (AvgIpc) is 1.87. The van der Waals surface area contributed by atoms with Crippen LogP contribution in [-0.2, 0) is 4.79 Å². The van der Waals surface area contributed by atoms with Gasteiger partial charge in [-0.3, -0.25) is 4.79 Å². The van der Waals surface area contributed by atoms with Crippen molar-refractivity contribution in [3.63, 3.8) is 0 Å². The molecule has 0 saturated carbocycles. The van der Waals surface area contributed by atoms with Crippen molar-refractivity contribution in [3.05, 3.63) is 0 Å². The van der Waals surface area contributed by atoms with E-state index in [1.165, 1.54) is 0 Å². The van der Waals surface area contributed by atoms with E-state index in [1.54, 1.807) is 19.0 Å². The fourth-order valence-electron chi connectivity index (χ4n) is 0.781. The maximum atomic E-state index is 11.1. The van der Waals surface area contributed by atoms with Gasteiger partial charge in [-0.05, 0) is 13.5 Å². The van der Waals surface area contributed by atoms with Gasteiger partial charge < -0.3 is 10.2 Å². The molecule has 0 aliphatic rings. The topological polar surface area (TPSA) is 32.3 Å². The van der Waals surface area contributed by atoms with Crippen molar-refractivity contribution in [1.82, 2.24) is 10.2 Å². The Bertz CT molecular complexity index is 112. The molecule has 1 unspecified atom stereocenters. The highest BCUT2D eigenvalue weighted by Crippen LogP contribution is 1.86. The van der Waals surface area contributed by atoms with Gasteiger partial charge in [0, 0.05) is 14.1 Å². The molecule has 0 bridgehead atoms. The molecule has 1 amide bonds. The predicted octanol–water partition coefficient (Wildman–Crippen LogP) is 0.0726. The van der Waals surface area contributed by atoms with Crippen molar-refractivity contribution in [2.45, 2.75) is 19.9 Å². The minimum absolute atomic E-state index is 0.0556. The van der Waals surface area contributed by atoms with Gasteiger partial charge in [-0.1, -0.05) is 6.92 Å². The third-order valence-corrected chi connectivity index (χ3v) is 1.32. The molecule has 3 heteroatoms. The second-order valence-electron chi connectivity index (χ2n) is 2.51. The first-order valence-electron chi connectivity index (χ1n) is 3.54. The molecule has 3 nitrogen and oxygen atoms in total. The standard InChI is InChI=1S/C7H16N2O/c1-5-8-6(2)7(10)9(3)4/h6,8H,5H2,1-4H3. The third-order valence-electron chi connectivity index (χ3n) is 1.32. The summed E-state index contributed by atoms with van der Waals surface area (Å²) in [5.41, 5.74) is 0. The lowest BCUT2D eigenvalue weighted by Gasteiger charge is -2.16. The molecule has 1 atom stereocenters. The molecule has 0 radical (unpaired) electrons. The van der Waals surface area contributed by atoms with Crippen LogP contribution in [0.3, 0.4) is 0 Å². The van der Waals surface area contributed by atoms with Gasteiger partial charge >= 0.3 is 0 Å². The van der Waals surface area contributed by atoms with Crippen LogP contribution >= 0.6 is 0 Å². The van der Waals surface area contributed by atoms with Crippen LogP contribution in [-0.4, -0.2) is 37.5 Å². The van der Waals surface area contributed by atoms with Crippen LogP contribution in [0.4, 0.5) is 0 Å². The Labute approximate surface area is 62.4 Å². The van der Waals surface area contributed by atoms with E-state index in [-0.39, 0.29) is 11.9 Å². The maximum absolute atomic E-state index is 11.1. The van der Waals surface area contributed by atoms with Crippen LogP contribution in [0.2, 0.25) is 0 Å². The van der Waals surface area contributed by atoms with Crippen LogP contribution in [0.25, 0.3) is 0 Å². The highest BCUT2D eigenvalue weighted by atomic mass is 16.2. The van der Waals surface area contributed by atoms with Crippen molar-refractivity contribution in [2.24, 2.45) is 0 Å². The number of carbonyl (C=O) groups is 1. The average molecular weight is 144 g/mol. The molecule has 0 heterocycles. The zero-order valence-corrected chi connectivity index (χ0v) is 7.14. The molecule has 0 aromatic rings. The van der Waals surface area contributed by atoms with Gasteiger partial charge in [-0.2, -0.15) is 0 Å². The first-order valence-corrected chi connectivity index (χ1v) is 3.54. The minimum Gasteiger partial charge on any atom is -0.347 e. The number of likely N-dealkylation sites (N-methyl/N-ethyl adjacent to an activating group) is 2. The Balaban J connectivity index is 3.71. The van der Waals surface area contributed by atoms with Crippen molar-refractivity contribution >= 4 is 5.91 Å². The molecule has 0 spiro atoms. The molecule has 0 saturated heterocycles. The van der Waals surface area contributed by atoms with Gasteiger partial charge in [-0.25, -0.2) is 0 Å². The SMILES string of the molecule is CCNC(C)C(=O)N(C)C. The van der Waals surface area contributed by atoms with E-state index in [9.17, 15) is 4.79 Å². The summed E-state index contributed by atoms with van der Waals surface area (Å²) in [5, 5.41) is 3.04. The number of carbonyl (C=O) groups excluding carboxylic acids is 1. The quantitative estimate of drug-likeness (QED) is 0.608. The fourth-order valence-corrected chi connectivity index (χ4v) is 0.781. The van der Waals surface area contributed by atoms with E-state index >= 15 is 0 Å². The molecule has 0 fully saturated rings. The van der Waals surface area contributed by atoms with E-state index in [0.29, 0.717) is 0 Å². The van der Waals surface area contributed by atoms with Crippen molar-refractivity contribution < 1.29 is 4.79 Å². The summed E-state index contributed by atoms with van der Waals surface area (Å²) in [6.45, 7) is 4.69. The van der Waals surface area contributed by atoms with Crippen LogP contribution in [0.1, 0.15) is 13.8 Å². The molecule has 0 aromatic carbocycles. The predicted molar refractivity (Wildman–Crippen MR) is 41.8 cm³/mol. The zero-order chi connectivity index (χ0) is 8.15. The number of rotatable bonds is 3. The van der Waals surface area contributed by atoms with Crippen molar-refractivity contribution in [1.29, 1.82) is 0 Å².